The minimum atomic E-state index is -1.67. The van der Waals surface area contributed by atoms with E-state index < -0.39 is 8.24 Å². The van der Waals surface area contributed by atoms with Crippen molar-refractivity contribution in [3.05, 3.63) is 40.0 Å². The minimum Gasteiger partial charge on any atom is -0.332 e. The van der Waals surface area contributed by atoms with Gasteiger partial charge in [0, 0.05) is 11.1 Å². The van der Waals surface area contributed by atoms with E-state index in [4.69, 9.17) is 0 Å². The van der Waals surface area contributed by atoms with Gasteiger partial charge >= 0.3 is 0 Å². The molecule has 2 aliphatic carbocycles. The van der Waals surface area contributed by atoms with Gasteiger partial charge in [-0.2, -0.15) is 0 Å². The fourth-order valence-electron chi connectivity index (χ4n) is 5.59. The molecule has 0 amide bonds. The summed E-state index contributed by atoms with van der Waals surface area (Å²) in [6.45, 7) is 24.0. The number of hydrogen-bond donors (Lipinski definition) is 1. The maximum atomic E-state index is 4.02. The van der Waals surface area contributed by atoms with Gasteiger partial charge in [-0.15, -0.1) is 0 Å². The van der Waals surface area contributed by atoms with Gasteiger partial charge in [0.2, 0.25) is 0 Å². The van der Waals surface area contributed by atoms with Crippen LogP contribution in [0.4, 0.5) is 0 Å². The van der Waals surface area contributed by atoms with Crippen LogP contribution in [0.25, 0.3) is 6.08 Å². The second-order valence-electron chi connectivity index (χ2n) is 11.7. The largest absolute Gasteiger partial charge is 0.332 e. The minimum absolute atomic E-state index is 0.161. The molecule has 1 N–H and O–H groups in total. The average molecular weight is 370 g/mol. The fraction of sp³-hybridized carbons (Fsp3) is 0.667. The Balaban J connectivity index is 2.15. The molecule has 1 unspecified atom stereocenters. The molecule has 0 aliphatic heterocycles. The molecule has 2 heteroatoms. The Labute approximate surface area is 162 Å². The molecule has 0 saturated heterocycles. The predicted octanol–water partition coefficient (Wildman–Crippen LogP) is 6.67. The molecular weight excluding hydrogens is 330 g/mol. The van der Waals surface area contributed by atoms with E-state index >= 15 is 0 Å². The van der Waals surface area contributed by atoms with Gasteiger partial charge in [0.15, 0.2) is 0 Å². The zero-order chi connectivity index (χ0) is 19.7. The first kappa shape index (κ1) is 19.9. The third-order valence-corrected chi connectivity index (χ3v) is 10.2. The first-order valence-corrected chi connectivity index (χ1v) is 13.4. The van der Waals surface area contributed by atoms with Crippen LogP contribution in [0.2, 0.25) is 13.1 Å². The molecule has 0 fully saturated rings. The summed E-state index contributed by atoms with van der Waals surface area (Å²) in [7, 11) is -1.67. The molecule has 3 rings (SSSR count). The summed E-state index contributed by atoms with van der Waals surface area (Å²) in [5, 5.41) is 0. The highest BCUT2D eigenvalue weighted by atomic mass is 28.3. The topological polar surface area (TPSA) is 12.0 Å². The van der Waals surface area contributed by atoms with E-state index in [2.05, 4.69) is 91.7 Å². The van der Waals surface area contributed by atoms with E-state index in [1.54, 1.807) is 22.3 Å². The smallest absolute Gasteiger partial charge is 0.131 e. The van der Waals surface area contributed by atoms with Crippen LogP contribution < -0.4 is 4.98 Å². The SMILES string of the molecule is CC1=Cc2cc3c(cc2C1[Si](C)(C)NC(C)(C)C)C(C)(C)CCC3(C)C. The van der Waals surface area contributed by atoms with Crippen LogP contribution in [0.15, 0.2) is 17.7 Å². The monoisotopic (exact) mass is 369 g/mol. The molecule has 0 spiro atoms. The molecule has 0 radical (unpaired) electrons. The molecule has 0 heterocycles. The predicted molar refractivity (Wildman–Crippen MR) is 118 cm³/mol. The van der Waals surface area contributed by atoms with Crippen LogP contribution in [0, 0.1) is 0 Å². The van der Waals surface area contributed by atoms with E-state index in [0.717, 1.165) is 0 Å². The Morgan fingerprint density at radius 1 is 0.962 bits per heavy atom. The van der Waals surface area contributed by atoms with Gasteiger partial charge in [0.05, 0.1) is 0 Å². The summed E-state index contributed by atoms with van der Waals surface area (Å²) in [6.07, 6.45) is 5.03. The first-order valence-electron chi connectivity index (χ1n) is 10.3. The van der Waals surface area contributed by atoms with Crippen molar-refractivity contribution >= 4 is 14.3 Å². The summed E-state index contributed by atoms with van der Waals surface area (Å²) in [4.78, 5) is 4.02. The van der Waals surface area contributed by atoms with Gasteiger partial charge in [-0.25, -0.2) is 0 Å². The van der Waals surface area contributed by atoms with Crippen LogP contribution >= 0.6 is 0 Å². The molecule has 1 atom stereocenters. The van der Waals surface area contributed by atoms with Crippen LogP contribution in [-0.2, 0) is 10.8 Å². The van der Waals surface area contributed by atoms with Gasteiger partial charge in [-0.3, -0.25) is 0 Å². The second-order valence-corrected chi connectivity index (χ2v) is 16.0. The molecule has 1 nitrogen and oxygen atoms in total. The van der Waals surface area contributed by atoms with E-state index in [1.165, 1.54) is 18.4 Å². The summed E-state index contributed by atoms with van der Waals surface area (Å²) >= 11 is 0. The van der Waals surface area contributed by atoms with Crippen LogP contribution in [0.3, 0.4) is 0 Å². The number of allylic oxidation sites excluding steroid dienone is 1. The van der Waals surface area contributed by atoms with Crippen LogP contribution in [0.5, 0.6) is 0 Å². The Bertz CT molecular complexity index is 759. The molecule has 1 aromatic carbocycles. The molecule has 0 bridgehead atoms. The number of hydrogen-bond acceptors (Lipinski definition) is 1. The molecule has 26 heavy (non-hydrogen) atoms. The van der Waals surface area contributed by atoms with Crippen molar-refractivity contribution in [3.63, 3.8) is 0 Å². The van der Waals surface area contributed by atoms with Gasteiger partial charge in [0.25, 0.3) is 0 Å². The van der Waals surface area contributed by atoms with E-state index in [9.17, 15) is 0 Å². The second kappa shape index (κ2) is 5.82. The Hall–Kier alpha value is -0.863. The molecule has 144 valence electrons. The van der Waals surface area contributed by atoms with Crippen LogP contribution in [0.1, 0.15) is 96.0 Å². The van der Waals surface area contributed by atoms with E-state index in [0.29, 0.717) is 5.54 Å². The highest BCUT2D eigenvalue weighted by Crippen LogP contribution is 2.50. The summed E-state index contributed by atoms with van der Waals surface area (Å²) in [5.41, 5.74) is 9.10. The third kappa shape index (κ3) is 3.35. The van der Waals surface area contributed by atoms with Crippen molar-refractivity contribution in [1.29, 1.82) is 0 Å². The maximum absolute atomic E-state index is 4.02. The van der Waals surface area contributed by atoms with Crippen molar-refractivity contribution in [2.75, 3.05) is 0 Å². The number of rotatable bonds is 2. The molecule has 0 saturated carbocycles. The van der Waals surface area contributed by atoms with Crippen molar-refractivity contribution in [1.82, 2.24) is 4.98 Å². The molecule has 1 aromatic rings. The first-order chi connectivity index (χ1) is 11.6. The fourth-order valence-corrected chi connectivity index (χ4v) is 9.92. The maximum Gasteiger partial charge on any atom is 0.131 e. The molecule has 0 aromatic heterocycles. The number of benzene rings is 1. The van der Waals surface area contributed by atoms with E-state index in [1.807, 2.05) is 0 Å². The Morgan fingerprint density at radius 2 is 1.46 bits per heavy atom. The lowest BCUT2D eigenvalue weighted by molar-refractivity contribution is 0.331. The standard InChI is InChI=1S/C24H39NSi/c1-16-13-17-14-19-20(24(7,8)12-11-23(19,5)6)15-18(17)21(16)26(9,10)25-22(2,3)4/h13-15,21,25H,11-12H2,1-10H3. The quantitative estimate of drug-likeness (QED) is 0.574. The zero-order valence-electron chi connectivity index (χ0n) is 18.7. The van der Waals surface area contributed by atoms with E-state index in [-0.39, 0.29) is 16.4 Å². The van der Waals surface area contributed by atoms with Gasteiger partial charge < -0.3 is 4.98 Å². The molecular formula is C24H39NSi. The van der Waals surface area contributed by atoms with Crippen molar-refractivity contribution in [3.8, 4) is 0 Å². The lowest BCUT2D eigenvalue weighted by Crippen LogP contribution is -2.58. The number of fused-ring (bicyclic) bond motifs is 2. The lowest BCUT2D eigenvalue weighted by atomic mass is 9.62. The van der Waals surface area contributed by atoms with Crippen molar-refractivity contribution in [2.24, 2.45) is 0 Å². The van der Waals surface area contributed by atoms with Gasteiger partial charge in [0.1, 0.15) is 8.24 Å². The normalized spacial score (nSPS) is 24.1. The summed E-state index contributed by atoms with van der Waals surface area (Å²) < 4.78 is 0. The summed E-state index contributed by atoms with van der Waals surface area (Å²) in [6, 6.07) is 5.14. The Kier molecular flexibility index (Phi) is 4.45. The van der Waals surface area contributed by atoms with Gasteiger partial charge in [-0.1, -0.05) is 64.6 Å². The van der Waals surface area contributed by atoms with Gasteiger partial charge in [-0.05, 0) is 73.6 Å². The summed E-state index contributed by atoms with van der Waals surface area (Å²) in [5.74, 6) is 0. The lowest BCUT2D eigenvalue weighted by Gasteiger charge is -2.43. The number of nitrogens with one attached hydrogen (secondary N) is 1. The average Bonchev–Trinajstić information content (AvgIpc) is 2.76. The third-order valence-electron chi connectivity index (χ3n) is 6.62. The zero-order valence-corrected chi connectivity index (χ0v) is 19.7. The van der Waals surface area contributed by atoms with Crippen molar-refractivity contribution in [2.45, 2.75) is 103 Å². The van der Waals surface area contributed by atoms with Crippen LogP contribution in [-0.4, -0.2) is 13.8 Å². The molecule has 2 aliphatic rings. The Morgan fingerprint density at radius 3 is 1.96 bits per heavy atom. The highest BCUT2D eigenvalue weighted by molar-refractivity contribution is 6.77. The van der Waals surface area contributed by atoms with Crippen molar-refractivity contribution < 1.29 is 0 Å². The highest BCUT2D eigenvalue weighted by Gasteiger charge is 2.43.